The Morgan fingerprint density at radius 2 is 1.87 bits per heavy atom. The van der Waals surface area contributed by atoms with E-state index >= 15 is 0 Å². The Morgan fingerprint density at radius 1 is 1.22 bits per heavy atom. The van der Waals surface area contributed by atoms with E-state index < -0.39 is 5.97 Å². The second kappa shape index (κ2) is 10.9. The third-order valence-electron chi connectivity index (χ3n) is 3.20. The number of nitrogens with one attached hydrogen (secondary N) is 1. The maximum atomic E-state index is 11.9. The molecule has 6 nitrogen and oxygen atoms in total. The van der Waals surface area contributed by atoms with E-state index in [1.54, 1.807) is 6.07 Å². The van der Waals surface area contributed by atoms with Crippen LogP contribution in [-0.4, -0.2) is 48.1 Å². The van der Waals surface area contributed by atoms with Gasteiger partial charge in [-0.1, -0.05) is 20.8 Å². The summed E-state index contributed by atoms with van der Waals surface area (Å²) in [4.78, 5) is 25.6. The van der Waals surface area contributed by atoms with Gasteiger partial charge in [-0.15, -0.1) is 12.4 Å². The second-order valence-electron chi connectivity index (χ2n) is 4.88. The summed E-state index contributed by atoms with van der Waals surface area (Å²) in [5.74, 6) is -0.938. The van der Waals surface area contributed by atoms with Crippen LogP contribution in [0.25, 0.3) is 0 Å². The fourth-order valence-corrected chi connectivity index (χ4v) is 1.91. The van der Waals surface area contributed by atoms with Crippen molar-refractivity contribution in [3.63, 3.8) is 0 Å². The van der Waals surface area contributed by atoms with Crippen molar-refractivity contribution in [1.29, 1.82) is 0 Å². The van der Waals surface area contributed by atoms with E-state index in [4.69, 9.17) is 4.74 Å². The highest BCUT2D eigenvalue weighted by Gasteiger charge is 2.14. The molecule has 0 aliphatic heterocycles. The lowest BCUT2D eigenvalue weighted by molar-refractivity contribution is -0.117. The van der Waals surface area contributed by atoms with E-state index in [0.29, 0.717) is 18.7 Å². The van der Waals surface area contributed by atoms with Gasteiger partial charge in [-0.25, -0.2) is 4.79 Å². The number of rotatable bonds is 8. The zero-order chi connectivity index (χ0) is 16.5. The van der Waals surface area contributed by atoms with Gasteiger partial charge in [0.1, 0.15) is 11.3 Å². The molecule has 1 amide bonds. The van der Waals surface area contributed by atoms with Crippen LogP contribution in [0.5, 0.6) is 5.75 Å². The molecule has 0 aromatic heterocycles. The molecule has 0 heterocycles. The lowest BCUT2D eigenvalue weighted by atomic mass is 10.2. The molecule has 0 saturated carbocycles. The molecule has 0 atom stereocenters. The molecule has 0 fully saturated rings. The summed E-state index contributed by atoms with van der Waals surface area (Å²) in [7, 11) is 0. The number of carbonyl (C=O) groups excluding carboxylic acids is 2. The highest BCUT2D eigenvalue weighted by molar-refractivity contribution is 5.95. The smallest absolute Gasteiger partial charge is 0.341 e. The van der Waals surface area contributed by atoms with Crippen molar-refractivity contribution in [3.05, 3.63) is 23.8 Å². The number of benzene rings is 1. The number of ether oxygens (including phenoxy) is 1. The van der Waals surface area contributed by atoms with Crippen molar-refractivity contribution in [3.8, 4) is 5.75 Å². The number of carbonyl (C=O) groups is 2. The molecule has 7 heteroatoms. The van der Waals surface area contributed by atoms with E-state index in [-0.39, 0.29) is 36.2 Å². The zero-order valence-electron chi connectivity index (χ0n) is 13.8. The molecule has 1 aromatic rings. The Hall–Kier alpha value is -1.79. The fraction of sp³-hybridized carbons (Fsp3) is 0.500. The van der Waals surface area contributed by atoms with Crippen LogP contribution in [0.4, 0.5) is 5.69 Å². The number of hydrogen-bond donors (Lipinski definition) is 2. The topological polar surface area (TPSA) is 78.9 Å². The van der Waals surface area contributed by atoms with E-state index in [0.717, 1.165) is 13.1 Å². The van der Waals surface area contributed by atoms with Crippen LogP contribution in [0.2, 0.25) is 0 Å². The molecule has 0 saturated heterocycles. The predicted molar refractivity (Wildman–Crippen MR) is 92.3 cm³/mol. The van der Waals surface area contributed by atoms with Gasteiger partial charge in [-0.05, 0) is 31.6 Å². The van der Waals surface area contributed by atoms with Gasteiger partial charge in [-0.2, -0.15) is 0 Å². The third-order valence-corrected chi connectivity index (χ3v) is 3.20. The van der Waals surface area contributed by atoms with Gasteiger partial charge in [-0.3, -0.25) is 9.69 Å². The first-order valence-corrected chi connectivity index (χ1v) is 7.54. The maximum Gasteiger partial charge on any atom is 0.341 e. The van der Waals surface area contributed by atoms with Crippen LogP contribution in [0.15, 0.2) is 18.2 Å². The van der Waals surface area contributed by atoms with Gasteiger partial charge >= 0.3 is 5.97 Å². The largest absolute Gasteiger partial charge is 0.507 e. The van der Waals surface area contributed by atoms with Gasteiger partial charge in [0.25, 0.3) is 0 Å². The molecule has 130 valence electrons. The van der Waals surface area contributed by atoms with Crippen LogP contribution >= 0.6 is 12.4 Å². The van der Waals surface area contributed by atoms with Crippen LogP contribution in [0.1, 0.15) is 37.6 Å². The van der Waals surface area contributed by atoms with Crippen molar-refractivity contribution in [1.82, 2.24) is 4.90 Å². The summed E-state index contributed by atoms with van der Waals surface area (Å²) >= 11 is 0. The predicted octanol–water partition coefficient (Wildman–Crippen LogP) is 2.66. The summed E-state index contributed by atoms with van der Waals surface area (Å²) in [6, 6.07) is 4.37. The SMILES string of the molecule is CCCOC(=O)c1ccc(NC(=O)CN(CC)CC)cc1O.Cl. The molecule has 2 N–H and O–H groups in total. The number of hydrogen-bond acceptors (Lipinski definition) is 5. The van der Waals surface area contributed by atoms with Crippen molar-refractivity contribution in [2.24, 2.45) is 0 Å². The molecule has 0 radical (unpaired) electrons. The Kier molecular flexibility index (Phi) is 10.0. The summed E-state index contributed by atoms with van der Waals surface area (Å²) in [5.41, 5.74) is 0.539. The number of esters is 1. The van der Waals surface area contributed by atoms with Crippen molar-refractivity contribution >= 4 is 30.0 Å². The second-order valence-corrected chi connectivity index (χ2v) is 4.88. The highest BCUT2D eigenvalue weighted by atomic mass is 35.5. The molecule has 0 aliphatic carbocycles. The first kappa shape index (κ1) is 21.2. The minimum atomic E-state index is -0.569. The van der Waals surface area contributed by atoms with Crippen LogP contribution in [0, 0.1) is 0 Å². The van der Waals surface area contributed by atoms with Crippen molar-refractivity contribution in [2.75, 3.05) is 31.6 Å². The molecule has 23 heavy (non-hydrogen) atoms. The van der Waals surface area contributed by atoms with Gasteiger partial charge in [0.2, 0.25) is 5.91 Å². The lowest BCUT2D eigenvalue weighted by Gasteiger charge is -2.17. The van der Waals surface area contributed by atoms with Gasteiger partial charge in [0, 0.05) is 11.8 Å². The Labute approximate surface area is 143 Å². The summed E-state index contributed by atoms with van der Waals surface area (Å²) in [6.07, 6.45) is 0.714. The molecule has 1 aromatic carbocycles. The van der Waals surface area contributed by atoms with Crippen molar-refractivity contribution in [2.45, 2.75) is 27.2 Å². The number of aromatic hydroxyl groups is 1. The highest BCUT2D eigenvalue weighted by Crippen LogP contribution is 2.22. The first-order chi connectivity index (χ1) is 10.5. The van der Waals surface area contributed by atoms with E-state index in [1.165, 1.54) is 12.1 Å². The molecule has 0 bridgehead atoms. The molecule has 0 aliphatic rings. The van der Waals surface area contributed by atoms with Gasteiger partial charge in [0.05, 0.1) is 13.2 Å². The summed E-state index contributed by atoms with van der Waals surface area (Å²) in [6.45, 7) is 8.03. The summed E-state index contributed by atoms with van der Waals surface area (Å²) in [5, 5.41) is 12.6. The van der Waals surface area contributed by atoms with Gasteiger partial charge < -0.3 is 15.2 Å². The number of nitrogens with zero attached hydrogens (tertiary/aromatic N) is 1. The van der Waals surface area contributed by atoms with E-state index in [1.807, 2.05) is 25.7 Å². The number of anilines is 1. The number of amides is 1. The number of likely N-dealkylation sites (N-methyl/N-ethyl adjacent to an activating group) is 1. The van der Waals surface area contributed by atoms with Gasteiger partial charge in [0.15, 0.2) is 0 Å². The average molecular weight is 345 g/mol. The monoisotopic (exact) mass is 344 g/mol. The van der Waals surface area contributed by atoms with Crippen LogP contribution in [-0.2, 0) is 9.53 Å². The fourth-order valence-electron chi connectivity index (χ4n) is 1.91. The Balaban J connectivity index is 0.00000484. The van der Waals surface area contributed by atoms with E-state index in [9.17, 15) is 14.7 Å². The van der Waals surface area contributed by atoms with Crippen LogP contribution < -0.4 is 5.32 Å². The lowest BCUT2D eigenvalue weighted by Crippen LogP contribution is -2.32. The standard InChI is InChI=1S/C16H24N2O4.ClH/c1-4-9-22-16(21)13-8-7-12(10-14(13)19)17-15(20)11-18(5-2)6-3;/h7-8,10,19H,4-6,9,11H2,1-3H3,(H,17,20);1H. The number of phenolic OH excluding ortho intramolecular Hbond substituents is 1. The Morgan fingerprint density at radius 3 is 2.39 bits per heavy atom. The minimum Gasteiger partial charge on any atom is -0.507 e. The molecule has 1 rings (SSSR count). The number of halogens is 1. The third kappa shape index (κ3) is 6.88. The summed E-state index contributed by atoms with van der Waals surface area (Å²) < 4.78 is 4.97. The van der Waals surface area contributed by atoms with E-state index in [2.05, 4.69) is 5.32 Å². The number of phenols is 1. The molecular formula is C16H25ClN2O4. The maximum absolute atomic E-state index is 11.9. The Bertz CT molecular complexity index is 519. The molecule has 0 unspecified atom stereocenters. The normalized spacial score (nSPS) is 10.1. The van der Waals surface area contributed by atoms with Crippen LogP contribution in [0.3, 0.4) is 0 Å². The minimum absolute atomic E-state index is 0. The zero-order valence-corrected chi connectivity index (χ0v) is 14.6. The molecule has 0 spiro atoms. The van der Waals surface area contributed by atoms with Crippen molar-refractivity contribution < 1.29 is 19.4 Å². The molecular weight excluding hydrogens is 320 g/mol. The average Bonchev–Trinajstić information content (AvgIpc) is 2.50. The quantitative estimate of drug-likeness (QED) is 0.709. The first-order valence-electron chi connectivity index (χ1n) is 7.54.